The highest BCUT2D eigenvalue weighted by Crippen LogP contribution is 2.32. The Morgan fingerprint density at radius 3 is 1.39 bits per heavy atom. The molecule has 0 unspecified atom stereocenters. The molecule has 0 fully saturated rings. The van der Waals surface area contributed by atoms with Crippen molar-refractivity contribution in [2.24, 2.45) is 0 Å². The first-order valence-corrected chi connectivity index (χ1v) is 12.4. The van der Waals surface area contributed by atoms with Crippen molar-refractivity contribution in [1.82, 2.24) is 0 Å². The van der Waals surface area contributed by atoms with Crippen molar-refractivity contribution in [2.75, 3.05) is 24.7 Å². The van der Waals surface area contributed by atoms with E-state index in [0.717, 1.165) is 20.6 Å². The fourth-order valence-electron chi connectivity index (χ4n) is 3.66. The summed E-state index contributed by atoms with van der Waals surface area (Å²) in [7, 11) is 0. The molecule has 4 aromatic rings. The number of aliphatic hydroxyl groups excluding tert-OH is 2. The summed E-state index contributed by atoms with van der Waals surface area (Å²) >= 11 is 3.01. The standard InChI is InChI=1S/C26H22O5S2/c27-13-15-32-23-11-9-21(17-5-1-3-7-19(17)23)25(29)31-26(30)22-10-12-24(33-16-14-28)20-8-4-2-6-18(20)22/h1-12,27-28H,13-16H2. The van der Waals surface area contributed by atoms with E-state index in [1.54, 1.807) is 12.1 Å². The summed E-state index contributed by atoms with van der Waals surface area (Å²) in [6.45, 7) is 0.116. The average Bonchev–Trinajstić information content (AvgIpc) is 2.85. The molecule has 168 valence electrons. The van der Waals surface area contributed by atoms with Crippen LogP contribution in [-0.4, -0.2) is 46.9 Å². The van der Waals surface area contributed by atoms with E-state index in [1.165, 1.54) is 23.5 Å². The molecule has 2 N–H and O–H groups in total. The van der Waals surface area contributed by atoms with Crippen LogP contribution in [0.25, 0.3) is 21.5 Å². The summed E-state index contributed by atoms with van der Waals surface area (Å²) in [6, 6.07) is 21.8. The van der Waals surface area contributed by atoms with E-state index >= 15 is 0 Å². The van der Waals surface area contributed by atoms with Gasteiger partial charge in [-0.3, -0.25) is 0 Å². The Balaban J connectivity index is 1.64. The first-order chi connectivity index (χ1) is 16.1. The van der Waals surface area contributed by atoms with Crippen LogP contribution in [0, 0.1) is 0 Å². The van der Waals surface area contributed by atoms with Crippen molar-refractivity contribution in [3.8, 4) is 0 Å². The molecule has 0 aromatic heterocycles. The van der Waals surface area contributed by atoms with Crippen molar-refractivity contribution < 1.29 is 24.5 Å². The molecule has 0 saturated heterocycles. The fraction of sp³-hybridized carbons (Fsp3) is 0.154. The van der Waals surface area contributed by atoms with Crippen molar-refractivity contribution in [3.63, 3.8) is 0 Å². The Hall–Kier alpha value is -2.84. The Morgan fingerprint density at radius 2 is 1.00 bits per heavy atom. The average molecular weight is 479 g/mol. The third-order valence-electron chi connectivity index (χ3n) is 5.09. The molecule has 0 aliphatic heterocycles. The van der Waals surface area contributed by atoms with Crippen molar-refractivity contribution in [3.05, 3.63) is 83.9 Å². The van der Waals surface area contributed by atoms with Crippen LogP contribution in [0.1, 0.15) is 20.7 Å². The van der Waals surface area contributed by atoms with Gasteiger partial charge in [0.15, 0.2) is 0 Å². The number of thioether (sulfide) groups is 2. The normalized spacial score (nSPS) is 11.1. The number of carbonyl (C=O) groups is 2. The summed E-state index contributed by atoms with van der Waals surface area (Å²) < 4.78 is 5.31. The predicted molar refractivity (Wildman–Crippen MR) is 133 cm³/mol. The summed E-state index contributed by atoms with van der Waals surface area (Å²) in [4.78, 5) is 27.9. The number of benzene rings is 4. The van der Waals surface area contributed by atoms with Gasteiger partial charge in [0.05, 0.1) is 24.3 Å². The summed E-state index contributed by atoms with van der Waals surface area (Å²) in [5.41, 5.74) is 0.624. The lowest BCUT2D eigenvalue weighted by molar-refractivity contribution is 0.0400. The Bertz CT molecular complexity index is 1220. The van der Waals surface area contributed by atoms with Gasteiger partial charge >= 0.3 is 11.9 Å². The van der Waals surface area contributed by atoms with Crippen LogP contribution in [0.3, 0.4) is 0 Å². The minimum atomic E-state index is -0.710. The van der Waals surface area contributed by atoms with E-state index in [4.69, 9.17) is 14.9 Å². The first-order valence-electron chi connectivity index (χ1n) is 10.4. The molecule has 7 heteroatoms. The molecule has 33 heavy (non-hydrogen) atoms. The summed E-state index contributed by atoms with van der Waals surface area (Å²) in [5.74, 6) is -0.326. The zero-order chi connectivity index (χ0) is 23.2. The number of esters is 2. The van der Waals surface area contributed by atoms with Crippen molar-refractivity contribution >= 4 is 57.0 Å². The van der Waals surface area contributed by atoms with Crippen LogP contribution in [0.5, 0.6) is 0 Å². The SMILES string of the molecule is O=C(OC(=O)c1ccc(SCCO)c2ccccc12)c1ccc(SCCO)c2ccccc12. The minimum Gasteiger partial charge on any atom is -0.396 e. The highest BCUT2D eigenvalue weighted by Gasteiger charge is 2.20. The molecule has 0 radical (unpaired) electrons. The Morgan fingerprint density at radius 1 is 0.606 bits per heavy atom. The quantitative estimate of drug-likeness (QED) is 0.206. The zero-order valence-corrected chi connectivity index (χ0v) is 19.3. The van der Waals surface area contributed by atoms with Gasteiger partial charge in [-0.25, -0.2) is 9.59 Å². The van der Waals surface area contributed by atoms with Crippen LogP contribution >= 0.6 is 23.5 Å². The molecular formula is C26H22O5S2. The fourth-order valence-corrected chi connectivity index (χ4v) is 5.27. The van der Waals surface area contributed by atoms with Crippen LogP contribution in [0.2, 0.25) is 0 Å². The molecule has 0 heterocycles. The number of fused-ring (bicyclic) bond motifs is 2. The third-order valence-corrected chi connectivity index (χ3v) is 7.20. The van der Waals surface area contributed by atoms with Crippen LogP contribution in [0.15, 0.2) is 82.6 Å². The van der Waals surface area contributed by atoms with Gasteiger partial charge in [-0.1, -0.05) is 48.5 Å². The van der Waals surface area contributed by atoms with E-state index in [2.05, 4.69) is 0 Å². The lowest BCUT2D eigenvalue weighted by Gasteiger charge is -2.12. The maximum atomic E-state index is 13.0. The Kier molecular flexibility index (Phi) is 7.67. The number of hydrogen-bond donors (Lipinski definition) is 2. The van der Waals surface area contributed by atoms with Gasteiger partial charge in [0.25, 0.3) is 0 Å². The van der Waals surface area contributed by atoms with E-state index in [1.807, 2.05) is 60.7 Å². The van der Waals surface area contributed by atoms with E-state index in [0.29, 0.717) is 33.4 Å². The largest absolute Gasteiger partial charge is 0.396 e. The smallest absolute Gasteiger partial charge is 0.346 e. The van der Waals surface area contributed by atoms with Gasteiger partial charge in [-0.2, -0.15) is 0 Å². The molecule has 0 spiro atoms. The second kappa shape index (κ2) is 10.9. The van der Waals surface area contributed by atoms with E-state index < -0.39 is 11.9 Å². The van der Waals surface area contributed by atoms with Gasteiger partial charge in [0, 0.05) is 21.3 Å². The van der Waals surface area contributed by atoms with Crippen LogP contribution < -0.4 is 0 Å². The molecule has 0 bridgehead atoms. The highest BCUT2D eigenvalue weighted by atomic mass is 32.2. The number of hydrogen-bond acceptors (Lipinski definition) is 7. The topological polar surface area (TPSA) is 83.8 Å². The van der Waals surface area contributed by atoms with Crippen LogP contribution in [0.4, 0.5) is 0 Å². The molecule has 5 nitrogen and oxygen atoms in total. The monoisotopic (exact) mass is 478 g/mol. The van der Waals surface area contributed by atoms with Gasteiger partial charge in [0.1, 0.15) is 0 Å². The number of carbonyl (C=O) groups excluding carboxylic acids is 2. The minimum absolute atomic E-state index is 0.0581. The van der Waals surface area contributed by atoms with Gasteiger partial charge < -0.3 is 14.9 Å². The molecule has 4 rings (SSSR count). The summed E-state index contributed by atoms with van der Waals surface area (Å²) in [5, 5.41) is 21.4. The first kappa shape index (κ1) is 23.3. The summed E-state index contributed by atoms with van der Waals surface area (Å²) in [6.07, 6.45) is 0. The Labute approximate surface area is 199 Å². The second-order valence-corrected chi connectivity index (χ2v) is 9.41. The molecular weight excluding hydrogens is 456 g/mol. The second-order valence-electron chi connectivity index (χ2n) is 7.13. The molecule has 0 atom stereocenters. The lowest BCUT2D eigenvalue weighted by Crippen LogP contribution is -2.14. The van der Waals surface area contributed by atoms with E-state index in [-0.39, 0.29) is 13.2 Å². The van der Waals surface area contributed by atoms with Crippen molar-refractivity contribution in [1.29, 1.82) is 0 Å². The predicted octanol–water partition coefficient (Wildman–Crippen LogP) is 5.16. The number of aliphatic hydroxyl groups is 2. The van der Waals surface area contributed by atoms with Crippen LogP contribution in [-0.2, 0) is 4.74 Å². The third kappa shape index (κ3) is 5.07. The van der Waals surface area contributed by atoms with Gasteiger partial charge in [0.2, 0.25) is 0 Å². The van der Waals surface area contributed by atoms with Crippen molar-refractivity contribution in [2.45, 2.75) is 9.79 Å². The molecule has 0 aliphatic rings. The molecule has 4 aromatic carbocycles. The molecule has 0 amide bonds. The van der Waals surface area contributed by atoms with Gasteiger partial charge in [-0.15, -0.1) is 23.5 Å². The maximum absolute atomic E-state index is 13.0. The van der Waals surface area contributed by atoms with Gasteiger partial charge in [-0.05, 0) is 45.8 Å². The number of rotatable bonds is 8. The lowest BCUT2D eigenvalue weighted by atomic mass is 10.0. The number of ether oxygens (including phenoxy) is 1. The molecule has 0 aliphatic carbocycles. The molecule has 0 saturated carbocycles. The maximum Gasteiger partial charge on any atom is 0.346 e. The van der Waals surface area contributed by atoms with E-state index in [9.17, 15) is 9.59 Å². The highest BCUT2D eigenvalue weighted by molar-refractivity contribution is 7.99. The zero-order valence-electron chi connectivity index (χ0n) is 17.7.